The van der Waals surface area contributed by atoms with Crippen LogP contribution in [0.4, 0.5) is 11.4 Å². The summed E-state index contributed by atoms with van der Waals surface area (Å²) in [7, 11) is 3.14. The predicted molar refractivity (Wildman–Crippen MR) is 125 cm³/mol. The van der Waals surface area contributed by atoms with Crippen LogP contribution in [0.15, 0.2) is 76.1 Å². The molecule has 0 unspecified atom stereocenters. The second-order valence-electron chi connectivity index (χ2n) is 7.46. The number of nitrogens with zero attached hydrogens (tertiary/aromatic N) is 1. The van der Waals surface area contributed by atoms with Gasteiger partial charge in [-0.05, 0) is 37.6 Å². The molecule has 32 heavy (non-hydrogen) atoms. The van der Waals surface area contributed by atoms with Crippen molar-refractivity contribution in [2.45, 2.75) is 13.8 Å². The Bertz CT molecular complexity index is 1350. The molecule has 0 atom stereocenters. The number of nitrogens with one attached hydrogen (secondary N) is 1. The van der Waals surface area contributed by atoms with Crippen LogP contribution in [0.3, 0.4) is 0 Å². The third-order valence-electron chi connectivity index (χ3n) is 5.10. The molecule has 3 aromatic carbocycles. The Hall–Kier alpha value is -4.06. The number of hydrogen-bond donors (Lipinski definition) is 1. The molecule has 0 bridgehead atoms. The molecule has 0 saturated carbocycles. The number of rotatable bonds is 5. The lowest BCUT2D eigenvalue weighted by atomic mass is 10.1. The normalized spacial score (nSPS) is 11.4. The van der Waals surface area contributed by atoms with Gasteiger partial charge in [0.05, 0.1) is 19.9 Å². The molecule has 0 aliphatic carbocycles. The number of amides is 1. The molecule has 4 aromatic rings. The lowest BCUT2D eigenvalue weighted by molar-refractivity contribution is 0.102. The van der Waals surface area contributed by atoms with E-state index in [0.29, 0.717) is 28.3 Å². The third-order valence-corrected chi connectivity index (χ3v) is 5.10. The zero-order valence-corrected chi connectivity index (χ0v) is 18.4. The summed E-state index contributed by atoms with van der Waals surface area (Å²) >= 11 is 0. The van der Waals surface area contributed by atoms with Crippen LogP contribution in [-0.4, -0.2) is 20.1 Å². The van der Waals surface area contributed by atoms with Crippen molar-refractivity contribution in [2.75, 3.05) is 19.5 Å². The molecule has 1 aromatic heterocycles. The molecule has 1 amide bonds. The molecule has 0 aliphatic rings. The number of hydrogen-bond acceptors (Lipinski definition) is 5. The molecular weight excluding hydrogens is 404 g/mol. The molecular formula is C26H24N2O4. The van der Waals surface area contributed by atoms with Gasteiger partial charge in [0, 0.05) is 29.3 Å². The monoisotopic (exact) mass is 428 g/mol. The fourth-order valence-corrected chi connectivity index (χ4v) is 3.43. The molecule has 0 saturated heterocycles. The minimum absolute atomic E-state index is 0.196. The van der Waals surface area contributed by atoms with Crippen LogP contribution in [0.2, 0.25) is 0 Å². The number of ether oxygens (including phenoxy) is 2. The van der Waals surface area contributed by atoms with Crippen molar-refractivity contribution in [1.29, 1.82) is 0 Å². The Labute approximate surface area is 186 Å². The SMILES string of the molecule is COc1cc(N=c2oc3ccccc3cc2C(=O)Nc2ccc(C)cc2C)cc(OC)c1. The summed E-state index contributed by atoms with van der Waals surface area (Å²) in [6.07, 6.45) is 0. The fourth-order valence-electron chi connectivity index (χ4n) is 3.43. The smallest absolute Gasteiger partial charge is 0.261 e. The molecule has 1 heterocycles. The standard InChI is InChI=1S/C26H24N2O4/c1-16-9-10-23(17(2)11-16)28-25(29)22-12-18-7-5-6-8-24(18)32-26(22)27-19-13-20(30-3)15-21(14-19)31-4/h5-15H,1-4H3,(H,28,29). The number of anilines is 1. The minimum Gasteiger partial charge on any atom is -0.497 e. The molecule has 0 radical (unpaired) electrons. The summed E-state index contributed by atoms with van der Waals surface area (Å²) in [6.45, 7) is 3.97. The Kier molecular flexibility index (Phi) is 5.94. The van der Waals surface area contributed by atoms with Crippen LogP contribution in [0.5, 0.6) is 11.5 Å². The number of para-hydroxylation sites is 1. The lowest BCUT2D eigenvalue weighted by Crippen LogP contribution is -2.22. The molecule has 162 valence electrons. The van der Waals surface area contributed by atoms with Crippen LogP contribution in [0.25, 0.3) is 11.0 Å². The second-order valence-corrected chi connectivity index (χ2v) is 7.46. The average Bonchev–Trinajstić information content (AvgIpc) is 2.80. The van der Waals surface area contributed by atoms with E-state index in [1.807, 2.05) is 56.3 Å². The van der Waals surface area contributed by atoms with Gasteiger partial charge in [-0.1, -0.05) is 35.9 Å². The number of methoxy groups -OCH3 is 2. The maximum atomic E-state index is 13.3. The van der Waals surface area contributed by atoms with Crippen molar-refractivity contribution in [3.63, 3.8) is 0 Å². The molecule has 6 heteroatoms. The predicted octanol–water partition coefficient (Wildman–Crippen LogP) is 5.55. The van der Waals surface area contributed by atoms with Gasteiger partial charge in [-0.2, -0.15) is 0 Å². The highest BCUT2D eigenvalue weighted by Crippen LogP contribution is 2.27. The Balaban J connectivity index is 1.86. The molecule has 0 aliphatic heterocycles. The maximum Gasteiger partial charge on any atom is 0.261 e. The van der Waals surface area contributed by atoms with Gasteiger partial charge in [-0.15, -0.1) is 0 Å². The highest BCUT2D eigenvalue weighted by molar-refractivity contribution is 6.05. The maximum absolute atomic E-state index is 13.3. The largest absolute Gasteiger partial charge is 0.497 e. The van der Waals surface area contributed by atoms with Crippen molar-refractivity contribution in [3.05, 3.63) is 89.0 Å². The first kappa shape index (κ1) is 21.2. The quantitative estimate of drug-likeness (QED) is 0.452. The fraction of sp³-hybridized carbons (Fsp3) is 0.154. The van der Waals surface area contributed by atoms with Crippen LogP contribution in [-0.2, 0) is 0 Å². The topological polar surface area (TPSA) is 73.1 Å². The number of fused-ring (bicyclic) bond motifs is 1. The van der Waals surface area contributed by atoms with Crippen LogP contribution in [0, 0.1) is 13.8 Å². The number of aryl methyl sites for hydroxylation is 2. The number of carbonyl (C=O) groups is 1. The summed E-state index contributed by atoms with van der Waals surface area (Å²) in [4.78, 5) is 17.9. The highest BCUT2D eigenvalue weighted by Gasteiger charge is 2.14. The van der Waals surface area contributed by atoms with Gasteiger partial charge in [0.2, 0.25) is 5.55 Å². The van der Waals surface area contributed by atoms with Gasteiger partial charge >= 0.3 is 0 Å². The number of benzene rings is 3. The van der Waals surface area contributed by atoms with Crippen molar-refractivity contribution < 1.29 is 18.7 Å². The van der Waals surface area contributed by atoms with Crippen molar-refractivity contribution in [3.8, 4) is 11.5 Å². The van der Waals surface area contributed by atoms with Crippen LogP contribution >= 0.6 is 0 Å². The van der Waals surface area contributed by atoms with Gasteiger partial charge in [-0.3, -0.25) is 4.79 Å². The van der Waals surface area contributed by atoms with Gasteiger partial charge in [0.15, 0.2) is 0 Å². The Morgan fingerprint density at radius 3 is 2.31 bits per heavy atom. The van der Waals surface area contributed by atoms with Crippen molar-refractivity contribution in [2.24, 2.45) is 4.99 Å². The summed E-state index contributed by atoms with van der Waals surface area (Å²) in [5, 5.41) is 3.79. The highest BCUT2D eigenvalue weighted by atomic mass is 16.5. The second kappa shape index (κ2) is 8.98. The van der Waals surface area contributed by atoms with E-state index in [-0.39, 0.29) is 11.5 Å². The van der Waals surface area contributed by atoms with Crippen LogP contribution < -0.4 is 20.3 Å². The van der Waals surface area contributed by atoms with Gasteiger partial charge in [0.1, 0.15) is 22.6 Å². The molecule has 6 nitrogen and oxygen atoms in total. The van der Waals surface area contributed by atoms with E-state index in [4.69, 9.17) is 13.9 Å². The summed E-state index contributed by atoms with van der Waals surface area (Å²) in [5.74, 6) is 0.871. The minimum atomic E-state index is -0.305. The average molecular weight is 428 g/mol. The Morgan fingerprint density at radius 2 is 1.62 bits per heavy atom. The molecule has 1 N–H and O–H groups in total. The van der Waals surface area contributed by atoms with E-state index < -0.39 is 0 Å². The zero-order valence-electron chi connectivity index (χ0n) is 18.4. The summed E-state index contributed by atoms with van der Waals surface area (Å²) < 4.78 is 16.7. The van der Waals surface area contributed by atoms with Gasteiger partial charge in [0.25, 0.3) is 5.91 Å². The molecule has 0 fully saturated rings. The number of carbonyl (C=O) groups excluding carboxylic acids is 1. The van der Waals surface area contributed by atoms with E-state index in [1.54, 1.807) is 38.5 Å². The van der Waals surface area contributed by atoms with E-state index in [0.717, 1.165) is 22.2 Å². The Morgan fingerprint density at radius 1 is 0.906 bits per heavy atom. The van der Waals surface area contributed by atoms with E-state index in [2.05, 4.69) is 10.3 Å². The van der Waals surface area contributed by atoms with Crippen molar-refractivity contribution >= 4 is 28.3 Å². The first-order valence-corrected chi connectivity index (χ1v) is 10.2. The van der Waals surface area contributed by atoms with E-state index in [9.17, 15) is 4.79 Å². The summed E-state index contributed by atoms with van der Waals surface area (Å²) in [5.41, 5.74) is 4.54. The van der Waals surface area contributed by atoms with Gasteiger partial charge < -0.3 is 19.2 Å². The van der Waals surface area contributed by atoms with Crippen molar-refractivity contribution in [1.82, 2.24) is 0 Å². The lowest BCUT2D eigenvalue weighted by Gasteiger charge is -2.10. The first-order chi connectivity index (χ1) is 15.5. The van der Waals surface area contributed by atoms with Crippen LogP contribution in [0.1, 0.15) is 21.5 Å². The third kappa shape index (κ3) is 4.49. The van der Waals surface area contributed by atoms with E-state index in [1.165, 1.54) is 0 Å². The first-order valence-electron chi connectivity index (χ1n) is 10.2. The molecule has 4 rings (SSSR count). The zero-order chi connectivity index (χ0) is 22.7. The molecule has 0 spiro atoms. The summed E-state index contributed by atoms with van der Waals surface area (Å²) in [6, 6.07) is 20.4. The van der Waals surface area contributed by atoms with Gasteiger partial charge in [-0.25, -0.2) is 4.99 Å². The van der Waals surface area contributed by atoms with E-state index >= 15 is 0 Å².